The number of ether oxygens (including phenoxy) is 1. The van der Waals surface area contributed by atoms with Crippen LogP contribution < -0.4 is 10.1 Å². The minimum atomic E-state index is -0.256. The van der Waals surface area contributed by atoms with Crippen LogP contribution >= 0.6 is 0 Å². The monoisotopic (exact) mass is 379 g/mol. The maximum atomic E-state index is 13.1. The zero-order valence-electron chi connectivity index (χ0n) is 16.2. The molecule has 1 N–H and O–H groups in total. The fourth-order valence-electron chi connectivity index (χ4n) is 3.97. The lowest BCUT2D eigenvalue weighted by Gasteiger charge is -2.35. The van der Waals surface area contributed by atoms with E-state index in [1.807, 2.05) is 48.5 Å². The summed E-state index contributed by atoms with van der Waals surface area (Å²) >= 11 is 0. The molecule has 2 aromatic carbocycles. The molecule has 146 valence electrons. The lowest BCUT2D eigenvalue weighted by molar-refractivity contribution is -0.126. The Bertz CT molecular complexity index is 851. The van der Waals surface area contributed by atoms with E-state index >= 15 is 0 Å². The van der Waals surface area contributed by atoms with Crippen molar-refractivity contribution in [1.82, 2.24) is 15.1 Å². The van der Waals surface area contributed by atoms with Gasteiger partial charge in [-0.25, -0.2) is 4.79 Å². The van der Waals surface area contributed by atoms with Crippen LogP contribution in [0.1, 0.15) is 30.0 Å². The average molecular weight is 379 g/mol. The van der Waals surface area contributed by atoms with Crippen molar-refractivity contribution in [1.29, 1.82) is 0 Å². The topological polar surface area (TPSA) is 61.9 Å². The number of nitrogens with one attached hydrogen (secondary N) is 1. The molecule has 2 aliphatic heterocycles. The predicted molar refractivity (Wildman–Crippen MR) is 106 cm³/mol. The van der Waals surface area contributed by atoms with Crippen molar-refractivity contribution < 1.29 is 14.3 Å². The smallest absolute Gasteiger partial charge is 0.319 e. The molecule has 3 amide bonds. The molecule has 2 aromatic rings. The van der Waals surface area contributed by atoms with Crippen LogP contribution in [0.4, 0.5) is 4.79 Å². The normalized spacial score (nSPS) is 18.5. The van der Waals surface area contributed by atoms with Crippen LogP contribution in [0.5, 0.6) is 11.5 Å². The van der Waals surface area contributed by atoms with Crippen molar-refractivity contribution in [3.05, 3.63) is 59.7 Å². The van der Waals surface area contributed by atoms with Gasteiger partial charge in [0.2, 0.25) is 5.91 Å². The largest absolute Gasteiger partial charge is 0.457 e. The maximum Gasteiger partial charge on any atom is 0.319 e. The highest BCUT2D eigenvalue weighted by atomic mass is 16.5. The molecule has 0 saturated carbocycles. The van der Waals surface area contributed by atoms with Crippen molar-refractivity contribution in [2.45, 2.75) is 18.9 Å². The molecule has 0 spiro atoms. The first kappa shape index (κ1) is 18.3. The molecule has 0 aliphatic carbocycles. The molecule has 6 heteroatoms. The Labute approximate surface area is 165 Å². The van der Waals surface area contributed by atoms with Gasteiger partial charge in [0.05, 0.1) is 12.0 Å². The summed E-state index contributed by atoms with van der Waals surface area (Å²) in [5.41, 5.74) is 1.90. The van der Waals surface area contributed by atoms with E-state index in [0.29, 0.717) is 13.1 Å². The summed E-state index contributed by atoms with van der Waals surface area (Å²) in [5.74, 6) is 1.30. The van der Waals surface area contributed by atoms with Crippen LogP contribution in [0, 0.1) is 5.92 Å². The van der Waals surface area contributed by atoms with Gasteiger partial charge in [0, 0.05) is 38.3 Å². The fraction of sp³-hybridized carbons (Fsp3) is 0.364. The molecule has 1 saturated heterocycles. The Morgan fingerprint density at radius 2 is 1.64 bits per heavy atom. The Balaban J connectivity index is 1.56. The summed E-state index contributed by atoms with van der Waals surface area (Å²) < 4.78 is 6.00. The zero-order valence-corrected chi connectivity index (χ0v) is 16.2. The molecule has 6 nitrogen and oxygen atoms in total. The van der Waals surface area contributed by atoms with Crippen molar-refractivity contribution >= 4 is 11.9 Å². The molecule has 0 bridgehead atoms. The Morgan fingerprint density at radius 1 is 1.04 bits per heavy atom. The number of carbonyl (C=O) groups is 2. The quantitative estimate of drug-likeness (QED) is 0.870. The van der Waals surface area contributed by atoms with Gasteiger partial charge in [0.25, 0.3) is 0 Å². The van der Waals surface area contributed by atoms with E-state index in [0.717, 1.165) is 35.5 Å². The van der Waals surface area contributed by atoms with Crippen LogP contribution in [0.25, 0.3) is 0 Å². The third kappa shape index (κ3) is 3.42. The molecule has 1 atom stereocenters. The highest BCUT2D eigenvalue weighted by molar-refractivity contribution is 5.82. The molecule has 1 fully saturated rings. The van der Waals surface area contributed by atoms with Gasteiger partial charge < -0.3 is 19.9 Å². The molecular formula is C22H25N3O3. The predicted octanol–water partition coefficient (Wildman–Crippen LogP) is 3.39. The summed E-state index contributed by atoms with van der Waals surface area (Å²) in [4.78, 5) is 28.7. The standard InChI is InChI=1S/C22H25N3O3/c1-24(2)22(27)25-13-7-8-15(14-25)21(26)23-20-16-9-3-5-11-18(16)28-19-12-6-4-10-17(19)20/h3-6,9-12,15,20H,7-8,13-14H2,1-2H3,(H,23,26)/t15-/m0/s1. The number of para-hydroxylation sites is 2. The van der Waals surface area contributed by atoms with Crippen molar-refractivity contribution in [3.8, 4) is 11.5 Å². The second kappa shape index (κ2) is 7.54. The number of benzene rings is 2. The van der Waals surface area contributed by atoms with E-state index in [1.165, 1.54) is 0 Å². The fourth-order valence-corrected chi connectivity index (χ4v) is 3.97. The summed E-state index contributed by atoms with van der Waals surface area (Å²) in [6.45, 7) is 1.15. The molecule has 2 heterocycles. The lowest BCUT2D eigenvalue weighted by Crippen LogP contribution is -2.49. The Morgan fingerprint density at radius 3 is 2.25 bits per heavy atom. The van der Waals surface area contributed by atoms with Gasteiger partial charge in [-0.2, -0.15) is 0 Å². The lowest BCUT2D eigenvalue weighted by atomic mass is 9.92. The van der Waals surface area contributed by atoms with Crippen molar-refractivity contribution in [2.24, 2.45) is 5.92 Å². The first-order valence-electron chi connectivity index (χ1n) is 9.67. The highest BCUT2D eigenvalue weighted by Crippen LogP contribution is 2.42. The summed E-state index contributed by atoms with van der Waals surface area (Å²) in [6, 6.07) is 15.3. The second-order valence-corrected chi connectivity index (χ2v) is 7.58. The van der Waals surface area contributed by atoms with Crippen LogP contribution in [0.15, 0.2) is 48.5 Å². The van der Waals surface area contributed by atoms with E-state index in [-0.39, 0.29) is 23.9 Å². The summed E-state index contributed by atoms with van der Waals surface area (Å²) in [5, 5.41) is 3.22. The van der Waals surface area contributed by atoms with Gasteiger partial charge >= 0.3 is 6.03 Å². The number of fused-ring (bicyclic) bond motifs is 2. The Kier molecular flexibility index (Phi) is 4.94. The van der Waals surface area contributed by atoms with Gasteiger partial charge in [-0.05, 0) is 25.0 Å². The minimum absolute atomic E-state index is 0.0206. The number of piperidine rings is 1. The van der Waals surface area contributed by atoms with Crippen molar-refractivity contribution in [3.63, 3.8) is 0 Å². The molecule has 2 aliphatic rings. The van der Waals surface area contributed by atoms with Gasteiger partial charge in [-0.1, -0.05) is 36.4 Å². The number of amides is 3. The van der Waals surface area contributed by atoms with Gasteiger partial charge in [-0.15, -0.1) is 0 Å². The zero-order chi connectivity index (χ0) is 19.7. The minimum Gasteiger partial charge on any atom is -0.457 e. The van der Waals surface area contributed by atoms with Crippen LogP contribution in [-0.2, 0) is 4.79 Å². The van der Waals surface area contributed by atoms with Crippen LogP contribution in [0.2, 0.25) is 0 Å². The molecule has 0 unspecified atom stereocenters. The third-order valence-electron chi connectivity index (χ3n) is 5.41. The number of rotatable bonds is 2. The maximum absolute atomic E-state index is 13.1. The summed E-state index contributed by atoms with van der Waals surface area (Å²) in [7, 11) is 3.48. The second-order valence-electron chi connectivity index (χ2n) is 7.58. The van der Waals surface area contributed by atoms with Gasteiger partial charge in [0.1, 0.15) is 11.5 Å². The number of nitrogens with zero attached hydrogens (tertiary/aromatic N) is 2. The summed E-state index contributed by atoms with van der Waals surface area (Å²) in [6.07, 6.45) is 1.62. The van der Waals surface area contributed by atoms with E-state index in [4.69, 9.17) is 4.74 Å². The number of likely N-dealkylation sites (tertiary alicyclic amines) is 1. The van der Waals surface area contributed by atoms with Crippen LogP contribution in [0.3, 0.4) is 0 Å². The molecule has 0 radical (unpaired) electrons. The van der Waals surface area contributed by atoms with E-state index in [9.17, 15) is 9.59 Å². The van der Waals surface area contributed by atoms with Gasteiger partial charge in [-0.3, -0.25) is 4.79 Å². The molecule has 28 heavy (non-hydrogen) atoms. The number of hydrogen-bond donors (Lipinski definition) is 1. The first-order chi connectivity index (χ1) is 13.5. The highest BCUT2D eigenvalue weighted by Gasteiger charge is 2.33. The van der Waals surface area contributed by atoms with E-state index < -0.39 is 0 Å². The molecular weight excluding hydrogens is 354 g/mol. The number of urea groups is 1. The first-order valence-corrected chi connectivity index (χ1v) is 9.67. The van der Waals surface area contributed by atoms with Crippen LogP contribution in [-0.4, -0.2) is 48.9 Å². The van der Waals surface area contributed by atoms with E-state index in [2.05, 4.69) is 5.32 Å². The van der Waals surface area contributed by atoms with E-state index in [1.54, 1.807) is 23.9 Å². The molecule has 4 rings (SSSR count). The number of carbonyl (C=O) groups excluding carboxylic acids is 2. The Hall–Kier alpha value is -3.02. The average Bonchev–Trinajstić information content (AvgIpc) is 2.73. The SMILES string of the molecule is CN(C)C(=O)N1CCC[C@H](C(=O)NC2c3ccccc3Oc3ccccc32)C1. The third-order valence-corrected chi connectivity index (χ3v) is 5.41. The molecule has 0 aromatic heterocycles. The number of hydrogen-bond acceptors (Lipinski definition) is 3. The van der Waals surface area contributed by atoms with Crippen molar-refractivity contribution in [2.75, 3.05) is 27.2 Å². The van der Waals surface area contributed by atoms with Gasteiger partial charge in [0.15, 0.2) is 0 Å².